The number of likely N-dealkylation sites (tertiary alicyclic amines) is 1. The molecule has 0 bridgehead atoms. The fourth-order valence-electron chi connectivity index (χ4n) is 3.28. The van der Waals surface area contributed by atoms with Gasteiger partial charge in [-0.15, -0.1) is 0 Å². The maximum Gasteiger partial charge on any atom is 0.228 e. The highest BCUT2D eigenvalue weighted by atomic mass is 16.2. The highest BCUT2D eigenvalue weighted by Crippen LogP contribution is 2.20. The predicted octanol–water partition coefficient (Wildman–Crippen LogP) is 1.66. The number of nitrogens with zero attached hydrogens (tertiary/aromatic N) is 3. The predicted molar refractivity (Wildman–Crippen MR) is 82.7 cm³/mol. The highest BCUT2D eigenvalue weighted by Gasteiger charge is 2.30. The molecule has 0 radical (unpaired) electrons. The van der Waals surface area contributed by atoms with Gasteiger partial charge in [-0.2, -0.15) is 0 Å². The van der Waals surface area contributed by atoms with Gasteiger partial charge in [0, 0.05) is 44.2 Å². The fourth-order valence-corrected chi connectivity index (χ4v) is 3.28. The third-order valence-corrected chi connectivity index (χ3v) is 4.69. The Balaban J connectivity index is 1.78. The lowest BCUT2D eigenvalue weighted by Crippen LogP contribution is -2.54. The lowest BCUT2D eigenvalue weighted by atomic mass is 9.94. The Morgan fingerprint density at radius 3 is 2.25 bits per heavy atom. The Morgan fingerprint density at radius 2 is 1.70 bits per heavy atom. The number of likely N-dealkylation sites (N-methyl/N-ethyl adjacent to an activating group) is 1. The van der Waals surface area contributed by atoms with E-state index in [1.807, 2.05) is 25.7 Å². The molecule has 0 aliphatic carbocycles. The molecular formula is C16H31N3O. The van der Waals surface area contributed by atoms with Crippen molar-refractivity contribution in [2.24, 2.45) is 5.41 Å². The molecule has 116 valence electrons. The summed E-state index contributed by atoms with van der Waals surface area (Å²) in [7, 11) is 2.25. The minimum absolute atomic E-state index is 0.244. The number of hydrogen-bond acceptors (Lipinski definition) is 3. The quantitative estimate of drug-likeness (QED) is 0.770. The third kappa shape index (κ3) is 3.95. The highest BCUT2D eigenvalue weighted by molar-refractivity contribution is 5.81. The molecule has 0 aromatic rings. The Bertz CT molecular complexity index is 329. The monoisotopic (exact) mass is 281 g/mol. The van der Waals surface area contributed by atoms with Gasteiger partial charge in [0.25, 0.3) is 0 Å². The van der Waals surface area contributed by atoms with Crippen LogP contribution in [0.5, 0.6) is 0 Å². The Morgan fingerprint density at radius 1 is 1.05 bits per heavy atom. The van der Waals surface area contributed by atoms with Gasteiger partial charge < -0.3 is 9.80 Å². The van der Waals surface area contributed by atoms with Crippen molar-refractivity contribution in [3.63, 3.8) is 0 Å². The van der Waals surface area contributed by atoms with Crippen LogP contribution in [0.1, 0.15) is 40.0 Å². The van der Waals surface area contributed by atoms with E-state index in [0.717, 1.165) is 26.2 Å². The van der Waals surface area contributed by atoms with Crippen LogP contribution >= 0.6 is 0 Å². The SMILES string of the molecule is CN1CCCCC1CN1CCN(C(=O)C(C)(C)C)CC1. The molecule has 4 nitrogen and oxygen atoms in total. The molecule has 1 amide bonds. The van der Waals surface area contributed by atoms with Crippen molar-refractivity contribution >= 4 is 5.91 Å². The number of carbonyl (C=O) groups is 1. The standard InChI is InChI=1S/C16H31N3O/c1-16(2,3)15(20)19-11-9-18(10-12-19)13-14-7-5-6-8-17(14)4/h14H,5-13H2,1-4H3. The van der Waals surface area contributed by atoms with Crippen LogP contribution in [-0.2, 0) is 4.79 Å². The number of piperidine rings is 1. The average Bonchev–Trinajstić information content (AvgIpc) is 2.40. The van der Waals surface area contributed by atoms with Crippen molar-refractivity contribution in [1.82, 2.24) is 14.7 Å². The van der Waals surface area contributed by atoms with Gasteiger partial charge in [-0.25, -0.2) is 0 Å². The van der Waals surface area contributed by atoms with E-state index in [2.05, 4.69) is 16.8 Å². The van der Waals surface area contributed by atoms with E-state index in [1.165, 1.54) is 32.4 Å². The molecule has 2 rings (SSSR count). The molecule has 2 aliphatic rings. The molecule has 0 aromatic carbocycles. The summed E-state index contributed by atoms with van der Waals surface area (Å²) in [6, 6.07) is 0.716. The summed E-state index contributed by atoms with van der Waals surface area (Å²) in [5.41, 5.74) is -0.244. The lowest BCUT2D eigenvalue weighted by molar-refractivity contribution is -0.141. The van der Waals surface area contributed by atoms with Crippen LogP contribution in [0.3, 0.4) is 0 Å². The topological polar surface area (TPSA) is 26.8 Å². The Labute approximate surface area is 124 Å². The van der Waals surface area contributed by atoms with Crippen LogP contribution in [0.25, 0.3) is 0 Å². The Hall–Kier alpha value is -0.610. The van der Waals surface area contributed by atoms with Gasteiger partial charge in [0.05, 0.1) is 0 Å². The first-order chi connectivity index (χ1) is 9.38. The number of rotatable bonds is 2. The summed E-state index contributed by atoms with van der Waals surface area (Å²) >= 11 is 0. The molecule has 2 aliphatic heterocycles. The summed E-state index contributed by atoms with van der Waals surface area (Å²) in [6.45, 7) is 12.3. The molecule has 2 saturated heterocycles. The van der Waals surface area contributed by atoms with Gasteiger partial charge >= 0.3 is 0 Å². The minimum Gasteiger partial charge on any atom is -0.340 e. The zero-order valence-electron chi connectivity index (χ0n) is 13.7. The lowest BCUT2D eigenvalue weighted by Gasteiger charge is -2.41. The third-order valence-electron chi connectivity index (χ3n) is 4.69. The molecule has 0 saturated carbocycles. The maximum atomic E-state index is 12.3. The van der Waals surface area contributed by atoms with Crippen molar-refractivity contribution in [1.29, 1.82) is 0 Å². The summed E-state index contributed by atoms with van der Waals surface area (Å²) in [4.78, 5) is 19.4. The summed E-state index contributed by atoms with van der Waals surface area (Å²) in [5.74, 6) is 0.298. The first-order valence-corrected chi connectivity index (χ1v) is 8.10. The smallest absolute Gasteiger partial charge is 0.228 e. The number of piperazine rings is 1. The van der Waals surface area contributed by atoms with E-state index in [-0.39, 0.29) is 5.41 Å². The second-order valence-corrected chi connectivity index (χ2v) is 7.47. The zero-order chi connectivity index (χ0) is 14.8. The molecule has 4 heteroatoms. The molecule has 20 heavy (non-hydrogen) atoms. The maximum absolute atomic E-state index is 12.3. The van der Waals surface area contributed by atoms with Crippen LogP contribution in [0.2, 0.25) is 0 Å². The van der Waals surface area contributed by atoms with Crippen LogP contribution in [0, 0.1) is 5.41 Å². The minimum atomic E-state index is -0.244. The fraction of sp³-hybridized carbons (Fsp3) is 0.938. The van der Waals surface area contributed by atoms with Crippen molar-refractivity contribution in [2.75, 3.05) is 46.3 Å². The van der Waals surface area contributed by atoms with Gasteiger partial charge in [-0.3, -0.25) is 9.69 Å². The van der Waals surface area contributed by atoms with E-state index in [9.17, 15) is 4.79 Å². The first kappa shape index (κ1) is 15.8. The van der Waals surface area contributed by atoms with E-state index in [0.29, 0.717) is 11.9 Å². The normalized spacial score (nSPS) is 26.8. The van der Waals surface area contributed by atoms with Gasteiger partial charge in [-0.1, -0.05) is 27.2 Å². The summed E-state index contributed by atoms with van der Waals surface area (Å²) < 4.78 is 0. The van der Waals surface area contributed by atoms with Crippen molar-refractivity contribution in [3.8, 4) is 0 Å². The van der Waals surface area contributed by atoms with Crippen LogP contribution in [-0.4, -0.2) is 73.0 Å². The van der Waals surface area contributed by atoms with Crippen molar-refractivity contribution < 1.29 is 4.79 Å². The second kappa shape index (κ2) is 6.44. The summed E-state index contributed by atoms with van der Waals surface area (Å²) in [5, 5.41) is 0. The molecular weight excluding hydrogens is 250 g/mol. The molecule has 1 atom stereocenters. The van der Waals surface area contributed by atoms with Gasteiger partial charge in [0.1, 0.15) is 0 Å². The van der Waals surface area contributed by atoms with Crippen LogP contribution in [0.4, 0.5) is 0 Å². The molecule has 2 heterocycles. The van der Waals surface area contributed by atoms with E-state index >= 15 is 0 Å². The Kier molecular flexibility index (Phi) is 5.08. The van der Waals surface area contributed by atoms with Gasteiger partial charge in [-0.05, 0) is 26.4 Å². The molecule has 1 unspecified atom stereocenters. The summed E-state index contributed by atoms with van der Waals surface area (Å²) in [6.07, 6.45) is 4.05. The zero-order valence-corrected chi connectivity index (χ0v) is 13.7. The molecule has 0 spiro atoms. The molecule has 0 aromatic heterocycles. The van der Waals surface area contributed by atoms with Gasteiger partial charge in [0.15, 0.2) is 0 Å². The first-order valence-electron chi connectivity index (χ1n) is 8.10. The van der Waals surface area contributed by atoms with Crippen molar-refractivity contribution in [3.05, 3.63) is 0 Å². The largest absolute Gasteiger partial charge is 0.340 e. The van der Waals surface area contributed by atoms with Crippen LogP contribution < -0.4 is 0 Å². The van der Waals surface area contributed by atoms with Crippen molar-refractivity contribution in [2.45, 2.75) is 46.1 Å². The van der Waals surface area contributed by atoms with E-state index in [4.69, 9.17) is 0 Å². The van der Waals surface area contributed by atoms with E-state index in [1.54, 1.807) is 0 Å². The van der Waals surface area contributed by atoms with E-state index < -0.39 is 0 Å². The second-order valence-electron chi connectivity index (χ2n) is 7.47. The molecule has 2 fully saturated rings. The number of carbonyl (C=O) groups excluding carboxylic acids is 1. The molecule has 0 N–H and O–H groups in total. The average molecular weight is 281 g/mol. The van der Waals surface area contributed by atoms with Gasteiger partial charge in [0.2, 0.25) is 5.91 Å². The van der Waals surface area contributed by atoms with Crippen LogP contribution in [0.15, 0.2) is 0 Å². The number of hydrogen-bond donors (Lipinski definition) is 0. The number of amides is 1.